The molecule has 3 rings (SSSR count). The van der Waals surface area contributed by atoms with Crippen molar-refractivity contribution in [3.8, 4) is 0 Å². The quantitative estimate of drug-likeness (QED) is 0.421. The zero-order valence-electron chi connectivity index (χ0n) is 19.3. The van der Waals surface area contributed by atoms with Crippen molar-refractivity contribution in [3.63, 3.8) is 0 Å². The molecule has 2 heterocycles. The number of nitrogens with zero attached hydrogens (tertiary/aromatic N) is 2. The number of amides is 2. The second kappa shape index (κ2) is 11.8. The van der Waals surface area contributed by atoms with Crippen LogP contribution in [0.15, 0.2) is 24.3 Å². The lowest BCUT2D eigenvalue weighted by Crippen LogP contribution is -2.43. The van der Waals surface area contributed by atoms with E-state index in [0.29, 0.717) is 37.4 Å². The molecule has 0 radical (unpaired) electrons. The van der Waals surface area contributed by atoms with Gasteiger partial charge in [0.05, 0.1) is 5.75 Å². The van der Waals surface area contributed by atoms with Crippen molar-refractivity contribution in [2.24, 2.45) is 5.92 Å². The summed E-state index contributed by atoms with van der Waals surface area (Å²) in [5.74, 6) is -0.621. The van der Waals surface area contributed by atoms with Gasteiger partial charge in [0.25, 0.3) is 0 Å². The molecule has 0 spiro atoms. The van der Waals surface area contributed by atoms with E-state index in [1.807, 2.05) is 11.8 Å². The first-order valence-electron chi connectivity index (χ1n) is 11.9. The lowest BCUT2D eigenvalue weighted by Gasteiger charge is -2.25. The van der Waals surface area contributed by atoms with Crippen LogP contribution in [0.2, 0.25) is 0 Å². The minimum atomic E-state index is -3.65. The maximum Gasteiger partial charge on any atom is 0.324 e. The van der Waals surface area contributed by atoms with Gasteiger partial charge in [-0.2, -0.15) is 0 Å². The highest BCUT2D eigenvalue weighted by Gasteiger charge is 2.30. The Balaban J connectivity index is 1.55. The lowest BCUT2D eigenvalue weighted by molar-refractivity contribution is -0.138. The number of unbranched alkanes of at least 4 members (excludes halogenated alkanes) is 1. The summed E-state index contributed by atoms with van der Waals surface area (Å²) in [6.07, 6.45) is 4.60. The van der Waals surface area contributed by atoms with E-state index in [0.717, 1.165) is 31.7 Å². The number of carbonyl (C=O) groups is 2. The number of aliphatic carboxylic acids is 1. The molecule has 10 heteroatoms. The van der Waals surface area contributed by atoms with Crippen molar-refractivity contribution < 1.29 is 23.1 Å². The summed E-state index contributed by atoms with van der Waals surface area (Å²) in [7, 11) is -3.65. The lowest BCUT2D eigenvalue weighted by atomic mass is 9.94. The van der Waals surface area contributed by atoms with Gasteiger partial charge in [-0.25, -0.2) is 17.9 Å². The molecule has 2 saturated heterocycles. The van der Waals surface area contributed by atoms with Gasteiger partial charge in [0, 0.05) is 25.3 Å². The number of carboxylic acid groups (broad SMARTS) is 1. The molecule has 2 amide bonds. The number of nitrogens with one attached hydrogen (secondary N) is 2. The molecule has 0 aromatic heterocycles. The fourth-order valence-electron chi connectivity index (χ4n) is 4.38. The van der Waals surface area contributed by atoms with Gasteiger partial charge < -0.3 is 15.3 Å². The molecule has 3 N–H and O–H groups in total. The first-order valence-corrected chi connectivity index (χ1v) is 13.5. The predicted molar refractivity (Wildman–Crippen MR) is 128 cm³/mol. The van der Waals surface area contributed by atoms with Crippen LogP contribution in [0.3, 0.4) is 0 Å². The van der Waals surface area contributed by atoms with E-state index < -0.39 is 22.0 Å². The third kappa shape index (κ3) is 7.41. The third-order valence-electron chi connectivity index (χ3n) is 6.44. The van der Waals surface area contributed by atoms with Gasteiger partial charge in [0.15, 0.2) is 0 Å². The van der Waals surface area contributed by atoms with E-state index in [-0.39, 0.29) is 18.2 Å². The number of rotatable bonds is 12. The zero-order valence-corrected chi connectivity index (χ0v) is 20.1. The Kier molecular flexibility index (Phi) is 9.10. The van der Waals surface area contributed by atoms with E-state index in [1.54, 1.807) is 29.2 Å². The zero-order chi connectivity index (χ0) is 23.8. The van der Waals surface area contributed by atoms with Crippen molar-refractivity contribution in [3.05, 3.63) is 29.8 Å². The number of sulfonamides is 1. The van der Waals surface area contributed by atoms with Gasteiger partial charge in [-0.05, 0) is 68.8 Å². The monoisotopic (exact) mass is 480 g/mol. The SMILES string of the molecule is CCCCS(=O)(=O)NC(Cc1ccc(N2CCN(CCC3CCNCC3)C2=O)cc1)C(=O)O. The maximum absolute atomic E-state index is 12.9. The largest absolute Gasteiger partial charge is 0.480 e. The Hall–Kier alpha value is -2.17. The number of carboxylic acids is 1. The number of anilines is 1. The second-order valence-electron chi connectivity index (χ2n) is 8.95. The normalized spacial score (nSPS) is 18.6. The van der Waals surface area contributed by atoms with Crippen molar-refractivity contribution in [2.75, 3.05) is 43.4 Å². The van der Waals surface area contributed by atoms with Crippen LogP contribution in [0, 0.1) is 5.92 Å². The first kappa shape index (κ1) is 25.5. The van der Waals surface area contributed by atoms with E-state index in [1.165, 1.54) is 12.8 Å². The summed E-state index contributed by atoms with van der Waals surface area (Å²) in [4.78, 5) is 28.1. The van der Waals surface area contributed by atoms with Crippen LogP contribution >= 0.6 is 0 Å². The van der Waals surface area contributed by atoms with Crippen molar-refractivity contribution in [1.82, 2.24) is 14.9 Å². The molecule has 0 saturated carbocycles. The van der Waals surface area contributed by atoms with E-state index in [2.05, 4.69) is 10.0 Å². The Morgan fingerprint density at radius 2 is 1.91 bits per heavy atom. The Labute approximate surface area is 196 Å². The van der Waals surface area contributed by atoms with E-state index in [9.17, 15) is 23.1 Å². The summed E-state index contributed by atoms with van der Waals surface area (Å²) in [6, 6.07) is 5.90. The van der Waals surface area contributed by atoms with Gasteiger partial charge >= 0.3 is 12.0 Å². The third-order valence-corrected chi connectivity index (χ3v) is 7.91. The highest BCUT2D eigenvalue weighted by Crippen LogP contribution is 2.23. The van der Waals surface area contributed by atoms with Crippen LogP contribution in [0.1, 0.15) is 44.6 Å². The molecule has 1 atom stereocenters. The summed E-state index contributed by atoms with van der Waals surface area (Å²) in [6.45, 7) is 6.09. The van der Waals surface area contributed by atoms with Crippen LogP contribution in [0.5, 0.6) is 0 Å². The number of benzene rings is 1. The molecule has 1 unspecified atom stereocenters. The number of piperidine rings is 1. The number of urea groups is 1. The van der Waals surface area contributed by atoms with Gasteiger partial charge in [0.1, 0.15) is 6.04 Å². The summed E-state index contributed by atoms with van der Waals surface area (Å²) >= 11 is 0. The maximum atomic E-state index is 12.9. The Bertz CT molecular complexity index is 900. The first-order chi connectivity index (χ1) is 15.8. The minimum Gasteiger partial charge on any atom is -0.480 e. The topological polar surface area (TPSA) is 119 Å². The molecule has 1 aromatic carbocycles. The van der Waals surface area contributed by atoms with E-state index in [4.69, 9.17) is 0 Å². The Morgan fingerprint density at radius 3 is 2.55 bits per heavy atom. The summed E-state index contributed by atoms with van der Waals surface area (Å²) < 4.78 is 26.5. The highest BCUT2D eigenvalue weighted by molar-refractivity contribution is 7.89. The molecule has 2 fully saturated rings. The molecule has 184 valence electrons. The summed E-state index contributed by atoms with van der Waals surface area (Å²) in [5, 5.41) is 12.8. The van der Waals surface area contributed by atoms with Crippen LogP contribution in [0.4, 0.5) is 10.5 Å². The number of hydrogen-bond acceptors (Lipinski definition) is 5. The number of carbonyl (C=O) groups excluding carboxylic acids is 1. The molecule has 2 aliphatic rings. The van der Waals surface area contributed by atoms with Gasteiger partial charge in [-0.1, -0.05) is 25.5 Å². The fourth-order valence-corrected chi connectivity index (χ4v) is 5.78. The number of hydrogen-bond donors (Lipinski definition) is 3. The van der Waals surface area contributed by atoms with Crippen LogP contribution in [-0.4, -0.2) is 74.9 Å². The smallest absolute Gasteiger partial charge is 0.324 e. The molecule has 0 aliphatic carbocycles. The second-order valence-corrected chi connectivity index (χ2v) is 10.8. The minimum absolute atomic E-state index is 0.00350. The summed E-state index contributed by atoms with van der Waals surface area (Å²) in [5.41, 5.74) is 1.46. The van der Waals surface area contributed by atoms with Crippen LogP contribution in [0.25, 0.3) is 0 Å². The molecule has 2 aliphatic heterocycles. The molecular weight excluding hydrogens is 444 g/mol. The molecule has 1 aromatic rings. The van der Waals surface area contributed by atoms with Crippen LogP contribution in [-0.2, 0) is 21.2 Å². The average molecular weight is 481 g/mol. The van der Waals surface area contributed by atoms with E-state index >= 15 is 0 Å². The van der Waals surface area contributed by atoms with Crippen LogP contribution < -0.4 is 14.9 Å². The Morgan fingerprint density at radius 1 is 1.21 bits per heavy atom. The standard InChI is InChI=1S/C23H36N4O5S/c1-2-3-16-33(31,32)25-21(22(28)29)17-19-4-6-20(7-5-19)27-15-14-26(23(27)30)13-10-18-8-11-24-12-9-18/h4-7,18,21,24-25H,2-3,8-17H2,1H3,(H,28,29). The van der Waals surface area contributed by atoms with Gasteiger partial charge in [-0.3, -0.25) is 9.69 Å². The van der Waals surface area contributed by atoms with Crippen molar-refractivity contribution in [2.45, 2.75) is 51.5 Å². The van der Waals surface area contributed by atoms with Gasteiger partial charge in [-0.15, -0.1) is 0 Å². The molecule has 33 heavy (non-hydrogen) atoms. The fraction of sp³-hybridized carbons (Fsp3) is 0.652. The molecule has 0 bridgehead atoms. The molecule has 9 nitrogen and oxygen atoms in total. The van der Waals surface area contributed by atoms with Crippen molar-refractivity contribution in [1.29, 1.82) is 0 Å². The van der Waals surface area contributed by atoms with Crippen molar-refractivity contribution >= 4 is 27.7 Å². The predicted octanol–water partition coefficient (Wildman–Crippen LogP) is 2.03. The molecular formula is C23H36N4O5S. The highest BCUT2D eigenvalue weighted by atomic mass is 32.2. The van der Waals surface area contributed by atoms with Gasteiger partial charge in [0.2, 0.25) is 10.0 Å². The average Bonchev–Trinajstić information content (AvgIpc) is 3.17.